The summed E-state index contributed by atoms with van der Waals surface area (Å²) in [5.41, 5.74) is 6.29. The summed E-state index contributed by atoms with van der Waals surface area (Å²) in [6, 6.07) is 16.4. The molecular weight excluding hydrogens is 396 g/mol. The monoisotopic (exact) mass is 424 g/mol. The van der Waals surface area contributed by atoms with E-state index in [1.54, 1.807) is 0 Å². The van der Waals surface area contributed by atoms with E-state index in [0.717, 1.165) is 22.8 Å². The fourth-order valence-corrected chi connectivity index (χ4v) is 1.79. The van der Waals surface area contributed by atoms with Crippen LogP contribution >= 0.6 is 0 Å². The third-order valence-corrected chi connectivity index (χ3v) is 3.19. The fraction of sp³-hybridized carbons (Fsp3) is 0.200. The van der Waals surface area contributed by atoms with Gasteiger partial charge in [-0.1, -0.05) is 35.4 Å². The van der Waals surface area contributed by atoms with Crippen molar-refractivity contribution >= 4 is 22.8 Å². The van der Waals surface area contributed by atoms with Crippen molar-refractivity contribution in [2.75, 3.05) is 0 Å². The molecule has 0 unspecified atom stereocenters. The molecule has 0 aliphatic heterocycles. The predicted octanol–water partition coefficient (Wildman–Crippen LogP) is 5.85. The van der Waals surface area contributed by atoms with Crippen LogP contribution < -0.4 is 0 Å². The standard InChI is InChI=1S/C18H20N2.2CH3.Mo.2O/c1-13-5-9-17(10-6-13)19-15(3)16(4)20-18-11-7-14(2)8-12-18;;;;;/h5-12H,1-4H3;2*1H3;;;/q;2*-1;+2;;. The van der Waals surface area contributed by atoms with Gasteiger partial charge in [0.15, 0.2) is 0 Å². The van der Waals surface area contributed by atoms with Crippen LogP contribution in [0.1, 0.15) is 25.0 Å². The van der Waals surface area contributed by atoms with Crippen LogP contribution in [0.15, 0.2) is 58.5 Å². The summed E-state index contributed by atoms with van der Waals surface area (Å²) >= 11 is -2.03. The Morgan fingerprint density at radius 2 is 0.920 bits per heavy atom. The molecule has 0 radical (unpaired) electrons. The summed E-state index contributed by atoms with van der Waals surface area (Å²) < 4.78 is 17.0. The first-order valence-electron chi connectivity index (χ1n) is 7.12. The van der Waals surface area contributed by atoms with Crippen molar-refractivity contribution in [2.24, 2.45) is 9.98 Å². The first kappa shape index (κ1) is 25.3. The summed E-state index contributed by atoms with van der Waals surface area (Å²) in [4.78, 5) is 9.20. The Hall–Kier alpha value is -1.93. The zero-order valence-corrected chi connectivity index (χ0v) is 17.7. The average molecular weight is 422 g/mol. The van der Waals surface area contributed by atoms with Crippen LogP contribution in [0.25, 0.3) is 0 Å². The maximum atomic E-state index is 8.50. The molecule has 4 nitrogen and oxygen atoms in total. The molecular formula is C20H26MoN2O2. The molecule has 5 heteroatoms. The Bertz CT molecular complexity index is 668. The summed E-state index contributed by atoms with van der Waals surface area (Å²) in [5.74, 6) is 0. The third kappa shape index (κ3) is 9.83. The first-order chi connectivity index (χ1) is 11.0. The van der Waals surface area contributed by atoms with Crippen molar-refractivity contribution in [1.82, 2.24) is 0 Å². The van der Waals surface area contributed by atoms with Crippen molar-refractivity contribution in [3.63, 3.8) is 0 Å². The second-order valence-corrected chi connectivity index (χ2v) is 5.47. The summed E-state index contributed by atoms with van der Waals surface area (Å²) in [7, 11) is 0. The van der Waals surface area contributed by atoms with Gasteiger partial charge in [0.05, 0.1) is 22.8 Å². The molecule has 0 saturated heterocycles. The second kappa shape index (κ2) is 13.4. The van der Waals surface area contributed by atoms with Crippen LogP contribution in [-0.4, -0.2) is 11.4 Å². The van der Waals surface area contributed by atoms with Gasteiger partial charge in [-0.2, -0.15) is 0 Å². The molecule has 134 valence electrons. The van der Waals surface area contributed by atoms with Crippen LogP contribution in [0, 0.1) is 28.7 Å². The molecule has 0 aliphatic carbocycles. The van der Waals surface area contributed by atoms with E-state index in [-0.39, 0.29) is 14.9 Å². The quantitative estimate of drug-likeness (QED) is 0.354. The van der Waals surface area contributed by atoms with E-state index >= 15 is 0 Å². The number of rotatable bonds is 3. The molecule has 2 rings (SSSR count). The van der Waals surface area contributed by atoms with Crippen LogP contribution in [0.4, 0.5) is 11.4 Å². The van der Waals surface area contributed by atoms with Gasteiger partial charge < -0.3 is 14.9 Å². The molecule has 0 heterocycles. The summed E-state index contributed by atoms with van der Waals surface area (Å²) in [6.07, 6.45) is 0. The predicted molar refractivity (Wildman–Crippen MR) is 102 cm³/mol. The van der Waals surface area contributed by atoms with Crippen molar-refractivity contribution < 1.29 is 25.3 Å². The van der Waals surface area contributed by atoms with Crippen LogP contribution in [0.5, 0.6) is 0 Å². The molecule has 25 heavy (non-hydrogen) atoms. The van der Waals surface area contributed by atoms with Gasteiger partial charge in [-0.25, -0.2) is 0 Å². The molecule has 0 bridgehead atoms. The van der Waals surface area contributed by atoms with E-state index in [1.807, 2.05) is 38.1 Å². The minimum absolute atomic E-state index is 0. The van der Waals surface area contributed by atoms with Gasteiger partial charge in [0, 0.05) is 0 Å². The molecule has 0 amide bonds. The van der Waals surface area contributed by atoms with E-state index in [4.69, 9.17) is 6.80 Å². The van der Waals surface area contributed by atoms with E-state index in [0.29, 0.717) is 0 Å². The Balaban J connectivity index is 0. The number of hydrogen-bond acceptors (Lipinski definition) is 4. The zero-order valence-electron chi connectivity index (χ0n) is 15.7. The topological polar surface area (TPSA) is 58.9 Å². The van der Waals surface area contributed by atoms with Gasteiger partial charge in [-0.3, -0.25) is 9.98 Å². The van der Waals surface area contributed by atoms with E-state index in [2.05, 4.69) is 48.1 Å². The molecule has 0 aromatic heterocycles. The molecule has 0 fully saturated rings. The summed E-state index contributed by atoms with van der Waals surface area (Å²) in [5, 5.41) is 0. The van der Waals surface area contributed by atoms with Gasteiger partial charge in [0.25, 0.3) is 0 Å². The van der Waals surface area contributed by atoms with Gasteiger partial charge >= 0.3 is 25.3 Å². The molecule has 2 aromatic rings. The molecule has 0 N–H and O–H groups in total. The molecule has 0 spiro atoms. The van der Waals surface area contributed by atoms with E-state index in [1.165, 1.54) is 11.1 Å². The van der Waals surface area contributed by atoms with Crippen LogP contribution in [-0.2, 0) is 25.3 Å². The second-order valence-electron chi connectivity index (χ2n) is 5.13. The van der Waals surface area contributed by atoms with Crippen molar-refractivity contribution in [3.05, 3.63) is 74.5 Å². The number of aryl methyl sites for hydroxylation is 2. The van der Waals surface area contributed by atoms with Gasteiger partial charge in [0.1, 0.15) is 0 Å². The maximum absolute atomic E-state index is 8.50. The summed E-state index contributed by atoms with van der Waals surface area (Å²) in [6.45, 7) is 8.13. The Labute approximate surface area is 160 Å². The van der Waals surface area contributed by atoms with Crippen LogP contribution in [0.2, 0.25) is 0 Å². The molecule has 0 aliphatic rings. The van der Waals surface area contributed by atoms with Crippen molar-refractivity contribution in [3.8, 4) is 0 Å². The first-order valence-corrected chi connectivity index (χ1v) is 8.76. The normalized spacial score (nSPS) is 10.4. The van der Waals surface area contributed by atoms with E-state index < -0.39 is 18.5 Å². The van der Waals surface area contributed by atoms with Gasteiger partial charge in [-0.05, 0) is 52.0 Å². The Kier molecular flexibility index (Phi) is 13.5. The molecule has 2 aromatic carbocycles. The fourth-order valence-electron chi connectivity index (χ4n) is 1.79. The molecule has 0 saturated carbocycles. The van der Waals surface area contributed by atoms with Gasteiger partial charge in [-0.15, -0.1) is 0 Å². The van der Waals surface area contributed by atoms with E-state index in [9.17, 15) is 0 Å². The molecule has 0 atom stereocenters. The van der Waals surface area contributed by atoms with Gasteiger partial charge in [0.2, 0.25) is 0 Å². The number of benzene rings is 2. The number of aliphatic imine (C=N–C) groups is 2. The zero-order chi connectivity index (χ0) is 17.2. The number of nitrogens with zero attached hydrogens (tertiary/aromatic N) is 2. The third-order valence-electron chi connectivity index (χ3n) is 3.19. The Morgan fingerprint density at radius 1 is 0.680 bits per heavy atom. The van der Waals surface area contributed by atoms with Crippen molar-refractivity contribution in [1.29, 1.82) is 0 Å². The van der Waals surface area contributed by atoms with Crippen LogP contribution in [0.3, 0.4) is 0 Å². The number of hydrogen-bond donors (Lipinski definition) is 0. The minimum atomic E-state index is -2.03. The SMILES string of the molecule is CC(=Nc1ccc(C)cc1)C(C)=Nc1ccc(C)cc1.[CH3-].[CH3-].[O]=[Mo+2]=[O]. The Morgan fingerprint density at radius 3 is 1.16 bits per heavy atom. The average Bonchev–Trinajstić information content (AvgIpc) is 2.52. The van der Waals surface area contributed by atoms with Crippen molar-refractivity contribution in [2.45, 2.75) is 27.7 Å².